The summed E-state index contributed by atoms with van der Waals surface area (Å²) < 4.78 is 0. The summed E-state index contributed by atoms with van der Waals surface area (Å²) in [6, 6.07) is 18.4. The number of piperazine rings is 1. The van der Waals surface area contributed by atoms with Gasteiger partial charge in [-0.2, -0.15) is 0 Å². The normalized spacial score (nSPS) is 23.5. The van der Waals surface area contributed by atoms with Gasteiger partial charge in [0.15, 0.2) is 0 Å². The fraction of sp³-hybridized carbons (Fsp3) is 0.576. The summed E-state index contributed by atoms with van der Waals surface area (Å²) in [6.07, 6.45) is 6.30. The summed E-state index contributed by atoms with van der Waals surface area (Å²) in [6.45, 7) is 10.2. The van der Waals surface area contributed by atoms with E-state index in [1.807, 2.05) is 43.0 Å². The Morgan fingerprint density at radius 3 is 2.23 bits per heavy atom. The molecule has 2 heterocycles. The first-order chi connectivity index (χ1) is 19.4. The highest BCUT2D eigenvalue weighted by atomic mass is 35.5. The van der Waals surface area contributed by atoms with Crippen LogP contribution in [0.5, 0.6) is 0 Å². The third-order valence-electron chi connectivity index (χ3n) is 9.41. The summed E-state index contributed by atoms with van der Waals surface area (Å²) in [5, 5.41) is 4.46. The van der Waals surface area contributed by atoms with E-state index in [9.17, 15) is 9.59 Å². The molecule has 0 unspecified atom stereocenters. The second-order valence-electron chi connectivity index (χ2n) is 12.3. The van der Waals surface area contributed by atoms with Gasteiger partial charge in [-0.05, 0) is 36.1 Å². The molecule has 2 atom stereocenters. The van der Waals surface area contributed by atoms with Gasteiger partial charge in [0, 0.05) is 74.8 Å². The average Bonchev–Trinajstić information content (AvgIpc) is 3.43. The van der Waals surface area contributed by atoms with Gasteiger partial charge in [-0.25, -0.2) is 0 Å². The molecular formula is C33H45ClN4O2. The third kappa shape index (κ3) is 6.56. The second-order valence-corrected chi connectivity index (χ2v) is 12.8. The number of nitrogens with zero attached hydrogens (tertiary/aromatic N) is 3. The molecule has 0 bridgehead atoms. The fourth-order valence-electron chi connectivity index (χ4n) is 7.13. The number of amides is 2. The van der Waals surface area contributed by atoms with E-state index in [4.69, 9.17) is 11.6 Å². The molecule has 6 nitrogen and oxygen atoms in total. The SMILES string of the molecule is CC(C)C(=O)N1C[C@H](C(=O)N2CCN(C3(CNCc4ccccc4)CCCCC3)CC2)[C@@H](c2ccc(Cl)cc2)C1. The van der Waals surface area contributed by atoms with Crippen molar-refractivity contribution in [1.82, 2.24) is 20.0 Å². The maximum Gasteiger partial charge on any atom is 0.228 e. The van der Waals surface area contributed by atoms with Crippen LogP contribution in [0.4, 0.5) is 0 Å². The van der Waals surface area contributed by atoms with E-state index in [-0.39, 0.29) is 35.1 Å². The number of carbonyl (C=O) groups excluding carboxylic acids is 2. The summed E-state index contributed by atoms with van der Waals surface area (Å²) in [4.78, 5) is 33.6. The van der Waals surface area contributed by atoms with E-state index in [1.54, 1.807) is 0 Å². The molecule has 3 aliphatic rings. The van der Waals surface area contributed by atoms with Crippen molar-refractivity contribution in [2.45, 2.75) is 64.0 Å². The maximum atomic E-state index is 14.0. The number of halogens is 1. The average molecular weight is 565 g/mol. The van der Waals surface area contributed by atoms with Gasteiger partial charge in [0.2, 0.25) is 11.8 Å². The van der Waals surface area contributed by atoms with Crippen molar-refractivity contribution in [3.05, 3.63) is 70.7 Å². The van der Waals surface area contributed by atoms with E-state index in [0.717, 1.165) is 44.8 Å². The highest BCUT2D eigenvalue weighted by Gasteiger charge is 2.44. The van der Waals surface area contributed by atoms with E-state index < -0.39 is 0 Å². The second kappa shape index (κ2) is 13.1. The Bertz CT molecular complexity index is 1120. The number of hydrogen-bond donors (Lipinski definition) is 1. The lowest BCUT2D eigenvalue weighted by atomic mass is 9.79. The van der Waals surface area contributed by atoms with Crippen LogP contribution in [0.1, 0.15) is 63.0 Å². The molecular weight excluding hydrogens is 520 g/mol. The van der Waals surface area contributed by atoms with Gasteiger partial charge in [0.05, 0.1) is 5.92 Å². The highest BCUT2D eigenvalue weighted by Crippen LogP contribution is 2.37. The standard InChI is InChI=1S/C33H45ClN4O2/c1-25(2)31(39)37-22-29(27-11-13-28(34)14-12-27)30(23-37)32(40)36-17-19-38(20-18-36)33(15-7-4-8-16-33)24-35-21-26-9-5-3-6-10-26/h3,5-6,9-14,25,29-30,35H,4,7-8,15-24H2,1-2H3/t29-,30+/m1/s1. The summed E-state index contributed by atoms with van der Waals surface area (Å²) in [5.74, 6) is 0.0225. The number of carbonyl (C=O) groups is 2. The van der Waals surface area contributed by atoms with Crippen LogP contribution >= 0.6 is 11.6 Å². The zero-order valence-corrected chi connectivity index (χ0v) is 24.9. The number of nitrogens with one attached hydrogen (secondary N) is 1. The van der Waals surface area contributed by atoms with Crippen molar-refractivity contribution in [3.8, 4) is 0 Å². The first-order valence-corrected chi connectivity index (χ1v) is 15.6. The van der Waals surface area contributed by atoms with Crippen LogP contribution in [-0.4, -0.2) is 77.9 Å². The van der Waals surface area contributed by atoms with Gasteiger partial charge in [-0.1, -0.05) is 87.2 Å². The molecule has 1 N–H and O–H groups in total. The fourth-order valence-corrected chi connectivity index (χ4v) is 7.26. The zero-order valence-electron chi connectivity index (χ0n) is 24.2. The van der Waals surface area contributed by atoms with Crippen LogP contribution in [0.25, 0.3) is 0 Å². The van der Waals surface area contributed by atoms with Crippen molar-refractivity contribution in [3.63, 3.8) is 0 Å². The Kier molecular flexibility index (Phi) is 9.49. The summed E-state index contributed by atoms with van der Waals surface area (Å²) in [5.41, 5.74) is 2.58. The summed E-state index contributed by atoms with van der Waals surface area (Å²) >= 11 is 6.16. The monoisotopic (exact) mass is 564 g/mol. The van der Waals surface area contributed by atoms with Gasteiger partial charge < -0.3 is 15.1 Å². The molecule has 5 rings (SSSR count). The van der Waals surface area contributed by atoms with Gasteiger partial charge in [-0.3, -0.25) is 14.5 Å². The number of rotatable bonds is 8. The predicted molar refractivity (Wildman–Crippen MR) is 161 cm³/mol. The van der Waals surface area contributed by atoms with Crippen LogP contribution in [0.15, 0.2) is 54.6 Å². The predicted octanol–water partition coefficient (Wildman–Crippen LogP) is 5.17. The smallest absolute Gasteiger partial charge is 0.228 e. The molecule has 216 valence electrons. The van der Waals surface area contributed by atoms with E-state index in [0.29, 0.717) is 18.1 Å². The molecule has 1 aliphatic carbocycles. The number of likely N-dealkylation sites (tertiary alicyclic amines) is 1. The topological polar surface area (TPSA) is 55.9 Å². The molecule has 1 saturated carbocycles. The van der Waals surface area contributed by atoms with Crippen LogP contribution in [0.3, 0.4) is 0 Å². The Balaban J connectivity index is 1.24. The molecule has 2 aromatic carbocycles. The highest BCUT2D eigenvalue weighted by molar-refractivity contribution is 6.30. The lowest BCUT2D eigenvalue weighted by Crippen LogP contribution is -2.62. The maximum absolute atomic E-state index is 14.0. The van der Waals surface area contributed by atoms with Gasteiger partial charge in [0.25, 0.3) is 0 Å². The molecule has 2 amide bonds. The molecule has 3 fully saturated rings. The molecule has 0 aromatic heterocycles. The molecule has 7 heteroatoms. The lowest BCUT2D eigenvalue weighted by molar-refractivity contribution is -0.139. The minimum atomic E-state index is -0.216. The summed E-state index contributed by atoms with van der Waals surface area (Å²) in [7, 11) is 0. The third-order valence-corrected chi connectivity index (χ3v) is 9.67. The van der Waals surface area contributed by atoms with Gasteiger partial charge in [-0.15, -0.1) is 0 Å². The molecule has 2 aliphatic heterocycles. The van der Waals surface area contributed by atoms with E-state index >= 15 is 0 Å². The Morgan fingerprint density at radius 2 is 1.57 bits per heavy atom. The molecule has 2 saturated heterocycles. The molecule has 40 heavy (non-hydrogen) atoms. The Morgan fingerprint density at radius 1 is 0.900 bits per heavy atom. The Labute approximate surface area is 245 Å². The van der Waals surface area contributed by atoms with Crippen LogP contribution in [-0.2, 0) is 16.1 Å². The van der Waals surface area contributed by atoms with Gasteiger partial charge in [0.1, 0.15) is 0 Å². The van der Waals surface area contributed by atoms with Crippen molar-refractivity contribution >= 4 is 23.4 Å². The lowest BCUT2D eigenvalue weighted by Gasteiger charge is -2.50. The largest absolute Gasteiger partial charge is 0.341 e. The first kappa shape index (κ1) is 29.1. The van der Waals surface area contributed by atoms with Gasteiger partial charge >= 0.3 is 0 Å². The first-order valence-electron chi connectivity index (χ1n) is 15.2. The number of hydrogen-bond acceptors (Lipinski definition) is 4. The van der Waals surface area contributed by atoms with Crippen LogP contribution in [0, 0.1) is 11.8 Å². The number of benzene rings is 2. The van der Waals surface area contributed by atoms with Crippen LogP contribution in [0.2, 0.25) is 5.02 Å². The molecule has 0 radical (unpaired) electrons. The Hall–Kier alpha value is -2.41. The quantitative estimate of drug-likeness (QED) is 0.480. The minimum absolute atomic E-state index is 0.00244. The van der Waals surface area contributed by atoms with Crippen molar-refractivity contribution in [1.29, 1.82) is 0 Å². The van der Waals surface area contributed by atoms with Crippen molar-refractivity contribution in [2.75, 3.05) is 45.8 Å². The van der Waals surface area contributed by atoms with Crippen molar-refractivity contribution < 1.29 is 9.59 Å². The van der Waals surface area contributed by atoms with Crippen LogP contribution < -0.4 is 5.32 Å². The van der Waals surface area contributed by atoms with E-state index in [1.165, 1.54) is 37.7 Å². The van der Waals surface area contributed by atoms with Crippen molar-refractivity contribution in [2.24, 2.45) is 11.8 Å². The zero-order chi connectivity index (χ0) is 28.1. The van der Waals surface area contributed by atoms with E-state index in [2.05, 4.69) is 45.4 Å². The molecule has 2 aromatic rings. The molecule has 0 spiro atoms. The minimum Gasteiger partial charge on any atom is -0.341 e.